The predicted molar refractivity (Wildman–Crippen MR) is 78.3 cm³/mol. The molecule has 2 rings (SSSR count). The number of hydrogen-bond acceptors (Lipinski definition) is 1. The van der Waals surface area contributed by atoms with Gasteiger partial charge in [0, 0.05) is 21.7 Å². The topological polar surface area (TPSA) is 12.0 Å². The van der Waals surface area contributed by atoms with Gasteiger partial charge >= 0.3 is 0 Å². The van der Waals surface area contributed by atoms with Gasteiger partial charge in [-0.1, -0.05) is 29.3 Å². The molecule has 1 atom stereocenters. The Labute approximate surface area is 130 Å². The summed E-state index contributed by atoms with van der Waals surface area (Å²) < 4.78 is 40.2. The zero-order valence-electron chi connectivity index (χ0n) is 11.1. The third-order valence-corrected chi connectivity index (χ3v) is 3.82. The molecular formula is C15H12Cl2F3N. The van der Waals surface area contributed by atoms with Crippen molar-refractivity contribution in [1.29, 1.82) is 0 Å². The van der Waals surface area contributed by atoms with Gasteiger partial charge in [-0.3, -0.25) is 0 Å². The minimum atomic E-state index is -1.48. The summed E-state index contributed by atoms with van der Waals surface area (Å²) in [6, 6.07) is 6.49. The van der Waals surface area contributed by atoms with Crippen LogP contribution in [-0.4, -0.2) is 7.05 Å². The van der Waals surface area contributed by atoms with E-state index in [1.165, 1.54) is 6.07 Å². The summed E-state index contributed by atoms with van der Waals surface area (Å²) in [4.78, 5) is 0. The summed E-state index contributed by atoms with van der Waals surface area (Å²) >= 11 is 12.0. The van der Waals surface area contributed by atoms with E-state index in [9.17, 15) is 13.2 Å². The van der Waals surface area contributed by atoms with E-state index in [-0.39, 0.29) is 12.0 Å². The molecule has 1 unspecified atom stereocenters. The van der Waals surface area contributed by atoms with E-state index in [0.29, 0.717) is 15.6 Å². The molecule has 0 fully saturated rings. The van der Waals surface area contributed by atoms with Crippen LogP contribution >= 0.6 is 23.2 Å². The first-order valence-corrected chi connectivity index (χ1v) is 6.94. The number of hydrogen-bond donors (Lipinski definition) is 1. The molecule has 6 heteroatoms. The van der Waals surface area contributed by atoms with E-state index >= 15 is 0 Å². The fourth-order valence-electron chi connectivity index (χ4n) is 2.10. The highest BCUT2D eigenvalue weighted by Gasteiger charge is 2.21. The van der Waals surface area contributed by atoms with E-state index in [0.717, 1.165) is 6.07 Å². The van der Waals surface area contributed by atoms with Crippen molar-refractivity contribution in [2.24, 2.45) is 0 Å². The van der Waals surface area contributed by atoms with Gasteiger partial charge in [0.25, 0.3) is 0 Å². The molecular weight excluding hydrogens is 322 g/mol. The van der Waals surface area contributed by atoms with E-state index in [1.807, 2.05) is 0 Å². The van der Waals surface area contributed by atoms with Crippen molar-refractivity contribution >= 4 is 23.2 Å². The predicted octanol–water partition coefficient (Wildman–Crippen LogP) is 4.91. The van der Waals surface area contributed by atoms with Gasteiger partial charge in [0.1, 0.15) is 0 Å². The third kappa shape index (κ3) is 3.51. The minimum Gasteiger partial charge on any atom is -0.313 e. The highest BCUT2D eigenvalue weighted by atomic mass is 35.5. The summed E-state index contributed by atoms with van der Waals surface area (Å²) in [6.45, 7) is 0. The van der Waals surface area contributed by atoms with E-state index < -0.39 is 23.5 Å². The van der Waals surface area contributed by atoms with Crippen molar-refractivity contribution < 1.29 is 13.2 Å². The molecule has 1 N–H and O–H groups in total. The smallest absolute Gasteiger partial charge is 0.194 e. The quantitative estimate of drug-likeness (QED) is 0.783. The lowest BCUT2D eigenvalue weighted by atomic mass is 9.98. The number of likely N-dealkylation sites (N-methyl/N-ethyl adjacent to an activating group) is 1. The highest BCUT2D eigenvalue weighted by Crippen LogP contribution is 2.28. The average molecular weight is 334 g/mol. The van der Waals surface area contributed by atoms with Gasteiger partial charge < -0.3 is 5.32 Å². The number of halogens is 5. The number of rotatable bonds is 4. The van der Waals surface area contributed by atoms with Gasteiger partial charge in [-0.15, -0.1) is 0 Å². The van der Waals surface area contributed by atoms with Crippen LogP contribution in [0.25, 0.3) is 0 Å². The standard InChI is InChI=1S/C15H12Cl2F3N/c1-21-13(7-8-6-9(16)2-4-11(8)17)10-3-5-12(18)15(20)14(10)19/h2-6,13,21H,7H2,1H3. The van der Waals surface area contributed by atoms with Crippen molar-refractivity contribution in [2.45, 2.75) is 12.5 Å². The summed E-state index contributed by atoms with van der Waals surface area (Å²) in [5.74, 6) is -3.90. The molecule has 0 bridgehead atoms. The molecule has 112 valence electrons. The molecule has 0 aliphatic heterocycles. The Bertz CT molecular complexity index is 662. The Morgan fingerprint density at radius 3 is 2.43 bits per heavy atom. The average Bonchev–Trinajstić information content (AvgIpc) is 2.46. The maximum atomic E-state index is 13.9. The molecule has 0 saturated carbocycles. The second-order valence-corrected chi connectivity index (χ2v) is 5.39. The Morgan fingerprint density at radius 2 is 1.76 bits per heavy atom. The van der Waals surface area contributed by atoms with Crippen LogP contribution in [0, 0.1) is 17.5 Å². The van der Waals surface area contributed by atoms with Crippen LogP contribution < -0.4 is 5.32 Å². The first-order valence-electron chi connectivity index (χ1n) is 6.18. The lowest BCUT2D eigenvalue weighted by Crippen LogP contribution is -2.21. The van der Waals surface area contributed by atoms with Crippen LogP contribution in [0.3, 0.4) is 0 Å². The summed E-state index contributed by atoms with van der Waals surface area (Å²) in [6.07, 6.45) is 0.290. The van der Waals surface area contributed by atoms with Crippen LogP contribution in [0.4, 0.5) is 13.2 Å². The normalized spacial score (nSPS) is 12.5. The number of nitrogens with one attached hydrogen (secondary N) is 1. The maximum Gasteiger partial charge on any atom is 0.194 e. The van der Waals surface area contributed by atoms with E-state index in [2.05, 4.69) is 5.32 Å². The fraction of sp³-hybridized carbons (Fsp3) is 0.200. The molecule has 2 aromatic carbocycles. The molecule has 21 heavy (non-hydrogen) atoms. The van der Waals surface area contributed by atoms with Crippen LogP contribution in [0.1, 0.15) is 17.2 Å². The molecule has 0 amide bonds. The summed E-state index contributed by atoms with van der Waals surface area (Å²) in [5, 5.41) is 3.84. The van der Waals surface area contributed by atoms with Crippen molar-refractivity contribution in [3.8, 4) is 0 Å². The fourth-order valence-corrected chi connectivity index (χ4v) is 2.49. The molecule has 0 radical (unpaired) electrons. The largest absolute Gasteiger partial charge is 0.313 e. The van der Waals surface area contributed by atoms with Crippen LogP contribution in [0.5, 0.6) is 0 Å². The lowest BCUT2D eigenvalue weighted by molar-refractivity contribution is 0.428. The van der Waals surface area contributed by atoms with Gasteiger partial charge in [0.2, 0.25) is 0 Å². The highest BCUT2D eigenvalue weighted by molar-refractivity contribution is 6.33. The monoisotopic (exact) mass is 333 g/mol. The Hall–Kier alpha value is -1.23. The second kappa shape index (κ2) is 6.69. The van der Waals surface area contributed by atoms with Crippen LogP contribution in [0.15, 0.2) is 30.3 Å². The molecule has 2 aromatic rings. The lowest BCUT2D eigenvalue weighted by Gasteiger charge is -2.18. The van der Waals surface area contributed by atoms with E-state index in [4.69, 9.17) is 23.2 Å². The van der Waals surface area contributed by atoms with E-state index in [1.54, 1.807) is 25.2 Å². The first-order chi connectivity index (χ1) is 9.93. The van der Waals surface area contributed by atoms with Crippen LogP contribution in [-0.2, 0) is 6.42 Å². The molecule has 0 saturated heterocycles. The van der Waals surface area contributed by atoms with Gasteiger partial charge in [0.15, 0.2) is 17.5 Å². The Kier molecular flexibility index (Phi) is 5.14. The van der Waals surface area contributed by atoms with Crippen molar-refractivity contribution in [2.75, 3.05) is 7.05 Å². The summed E-state index contributed by atoms with van der Waals surface area (Å²) in [5.41, 5.74) is 0.722. The molecule has 0 aromatic heterocycles. The van der Waals surface area contributed by atoms with Crippen molar-refractivity contribution in [3.63, 3.8) is 0 Å². The van der Waals surface area contributed by atoms with Crippen molar-refractivity contribution in [1.82, 2.24) is 5.32 Å². The Morgan fingerprint density at radius 1 is 1.05 bits per heavy atom. The molecule has 1 nitrogen and oxygen atoms in total. The SMILES string of the molecule is CNC(Cc1cc(Cl)ccc1Cl)c1ccc(F)c(F)c1F. The Balaban J connectivity index is 2.37. The second-order valence-electron chi connectivity index (χ2n) is 4.55. The zero-order chi connectivity index (χ0) is 15.6. The zero-order valence-corrected chi connectivity index (χ0v) is 12.6. The van der Waals surface area contributed by atoms with Crippen molar-refractivity contribution in [3.05, 3.63) is 69.0 Å². The maximum absolute atomic E-state index is 13.9. The molecule has 0 heterocycles. The van der Waals surface area contributed by atoms with Gasteiger partial charge in [0.05, 0.1) is 0 Å². The van der Waals surface area contributed by atoms with Crippen LogP contribution in [0.2, 0.25) is 10.0 Å². The first kappa shape index (κ1) is 16.1. The minimum absolute atomic E-state index is 0.0347. The third-order valence-electron chi connectivity index (χ3n) is 3.22. The van der Waals surface area contributed by atoms with Gasteiger partial charge in [-0.25, -0.2) is 13.2 Å². The molecule has 0 aliphatic rings. The molecule has 0 spiro atoms. The van der Waals surface area contributed by atoms with Gasteiger partial charge in [-0.05, 0) is 43.3 Å². The number of benzene rings is 2. The molecule has 0 aliphatic carbocycles. The summed E-state index contributed by atoms with van der Waals surface area (Å²) in [7, 11) is 1.60. The van der Waals surface area contributed by atoms with Gasteiger partial charge in [-0.2, -0.15) is 0 Å².